The van der Waals surface area contributed by atoms with Crippen LogP contribution in [-0.2, 0) is 21.2 Å². The summed E-state index contributed by atoms with van der Waals surface area (Å²) in [5.41, 5.74) is 2.03. The number of sulfonamides is 1. The second kappa shape index (κ2) is 11.1. The number of nitrogens with one attached hydrogen (secondary N) is 1. The third kappa shape index (κ3) is 6.23. The lowest BCUT2D eigenvalue weighted by atomic mass is 10.1. The van der Waals surface area contributed by atoms with Crippen LogP contribution in [0.3, 0.4) is 0 Å². The number of amides is 1. The minimum Gasteiger partial charge on any atom is -0.495 e. The van der Waals surface area contributed by atoms with Crippen molar-refractivity contribution in [2.75, 3.05) is 25.5 Å². The summed E-state index contributed by atoms with van der Waals surface area (Å²) in [7, 11) is -2.73. The Morgan fingerprint density at radius 2 is 1.77 bits per heavy atom. The van der Waals surface area contributed by atoms with Crippen LogP contribution in [0, 0.1) is 24.0 Å². The number of nitro groups is 1. The first-order valence-corrected chi connectivity index (χ1v) is 12.3. The third-order valence-electron chi connectivity index (χ3n) is 5.53. The monoisotopic (exact) mass is 497 g/mol. The second-order valence-electron chi connectivity index (χ2n) is 7.98. The van der Waals surface area contributed by atoms with Gasteiger partial charge in [-0.1, -0.05) is 42.5 Å². The molecular weight excluding hydrogens is 470 g/mol. The molecule has 10 heteroatoms. The fraction of sp³-hybridized carbons (Fsp3) is 0.240. The van der Waals surface area contributed by atoms with Crippen molar-refractivity contribution < 1.29 is 22.9 Å². The quantitative estimate of drug-likeness (QED) is 0.333. The molecule has 3 aromatic carbocycles. The number of benzene rings is 3. The van der Waals surface area contributed by atoms with Crippen molar-refractivity contribution in [1.82, 2.24) is 4.31 Å². The lowest BCUT2D eigenvalue weighted by molar-refractivity contribution is -0.385. The predicted molar refractivity (Wildman–Crippen MR) is 133 cm³/mol. The molecule has 0 aliphatic carbocycles. The molecule has 1 amide bonds. The molecule has 0 unspecified atom stereocenters. The van der Waals surface area contributed by atoms with Gasteiger partial charge in [0.05, 0.1) is 29.8 Å². The summed E-state index contributed by atoms with van der Waals surface area (Å²) in [5.74, 6) is -0.438. The number of carbonyl (C=O) groups excluding carboxylic acids is 1. The van der Waals surface area contributed by atoms with Crippen LogP contribution in [-0.4, -0.2) is 43.8 Å². The number of methoxy groups -OCH3 is 1. The Kier molecular flexibility index (Phi) is 8.21. The standard InChI is InChI=1S/C25H27N3O6S/c1-18-12-13-23(34-3)24(16-18)35(32,33)27(15-14-20-8-5-4-6-9-20)17-25(29)26-21-10-7-11-22(19(21)2)28(30)31/h4-13,16H,14-15,17H2,1-3H3,(H,26,29). The van der Waals surface area contributed by atoms with Crippen LogP contribution in [0.1, 0.15) is 16.7 Å². The largest absolute Gasteiger partial charge is 0.495 e. The first kappa shape index (κ1) is 25.9. The highest BCUT2D eigenvalue weighted by atomic mass is 32.2. The Bertz CT molecular complexity index is 1330. The van der Waals surface area contributed by atoms with E-state index in [4.69, 9.17) is 4.74 Å². The zero-order chi connectivity index (χ0) is 25.6. The summed E-state index contributed by atoms with van der Waals surface area (Å²) in [5, 5.41) is 13.8. The maximum absolute atomic E-state index is 13.7. The van der Waals surface area contributed by atoms with E-state index in [0.29, 0.717) is 6.42 Å². The Morgan fingerprint density at radius 3 is 2.43 bits per heavy atom. The first-order valence-electron chi connectivity index (χ1n) is 10.9. The van der Waals surface area contributed by atoms with E-state index in [-0.39, 0.29) is 34.1 Å². The molecule has 0 saturated carbocycles. The highest BCUT2D eigenvalue weighted by Crippen LogP contribution is 2.29. The van der Waals surface area contributed by atoms with Crippen molar-refractivity contribution in [3.63, 3.8) is 0 Å². The van der Waals surface area contributed by atoms with Gasteiger partial charge in [0.2, 0.25) is 15.9 Å². The predicted octanol–water partition coefficient (Wildman–Crippen LogP) is 4.09. The molecule has 0 heterocycles. The van der Waals surface area contributed by atoms with Gasteiger partial charge in [-0.25, -0.2) is 8.42 Å². The van der Waals surface area contributed by atoms with Crippen molar-refractivity contribution in [3.05, 3.63) is 93.5 Å². The van der Waals surface area contributed by atoms with Gasteiger partial charge in [0, 0.05) is 12.6 Å². The minimum atomic E-state index is -4.12. The molecule has 3 rings (SSSR count). The molecule has 35 heavy (non-hydrogen) atoms. The Morgan fingerprint density at radius 1 is 1.06 bits per heavy atom. The zero-order valence-electron chi connectivity index (χ0n) is 19.7. The fourth-order valence-corrected chi connectivity index (χ4v) is 5.25. The molecule has 0 atom stereocenters. The number of hydrogen-bond acceptors (Lipinski definition) is 6. The molecule has 0 bridgehead atoms. The van der Waals surface area contributed by atoms with Gasteiger partial charge in [0.25, 0.3) is 5.69 Å². The number of aryl methyl sites for hydroxylation is 1. The van der Waals surface area contributed by atoms with Gasteiger partial charge in [-0.15, -0.1) is 0 Å². The van der Waals surface area contributed by atoms with E-state index in [0.717, 1.165) is 15.4 Å². The van der Waals surface area contributed by atoms with Gasteiger partial charge < -0.3 is 10.1 Å². The molecule has 0 saturated heterocycles. The molecule has 0 aromatic heterocycles. The van der Waals surface area contributed by atoms with E-state index in [1.807, 2.05) is 30.3 Å². The smallest absolute Gasteiger partial charge is 0.274 e. The van der Waals surface area contributed by atoms with Crippen LogP contribution in [0.4, 0.5) is 11.4 Å². The zero-order valence-corrected chi connectivity index (χ0v) is 20.5. The van der Waals surface area contributed by atoms with E-state index < -0.39 is 27.4 Å². The molecule has 184 valence electrons. The molecule has 1 N–H and O–H groups in total. The normalized spacial score (nSPS) is 11.3. The third-order valence-corrected chi connectivity index (χ3v) is 7.39. The summed E-state index contributed by atoms with van der Waals surface area (Å²) in [6, 6.07) is 18.5. The summed E-state index contributed by atoms with van der Waals surface area (Å²) in [6.45, 7) is 2.86. The van der Waals surface area contributed by atoms with Crippen LogP contribution in [0.5, 0.6) is 5.75 Å². The molecule has 0 aliphatic rings. The van der Waals surface area contributed by atoms with Crippen molar-refractivity contribution in [1.29, 1.82) is 0 Å². The van der Waals surface area contributed by atoms with Gasteiger partial charge in [-0.2, -0.15) is 4.31 Å². The highest BCUT2D eigenvalue weighted by molar-refractivity contribution is 7.89. The van der Waals surface area contributed by atoms with Gasteiger partial charge in [0.15, 0.2) is 0 Å². The topological polar surface area (TPSA) is 119 Å². The Labute approximate surface area is 204 Å². The average Bonchev–Trinajstić information content (AvgIpc) is 2.83. The van der Waals surface area contributed by atoms with E-state index >= 15 is 0 Å². The van der Waals surface area contributed by atoms with Gasteiger partial charge in [-0.05, 0) is 49.6 Å². The molecule has 0 aliphatic heterocycles. The molecule has 0 fully saturated rings. The number of anilines is 1. The van der Waals surface area contributed by atoms with E-state index in [9.17, 15) is 23.3 Å². The van der Waals surface area contributed by atoms with Crippen LogP contribution >= 0.6 is 0 Å². The van der Waals surface area contributed by atoms with E-state index in [2.05, 4.69) is 5.32 Å². The molecule has 0 radical (unpaired) electrons. The van der Waals surface area contributed by atoms with Crippen LogP contribution < -0.4 is 10.1 Å². The van der Waals surface area contributed by atoms with Crippen molar-refractivity contribution in [2.24, 2.45) is 0 Å². The minimum absolute atomic E-state index is 0.0348. The number of nitrogens with zero attached hydrogens (tertiary/aromatic N) is 2. The summed E-state index contributed by atoms with van der Waals surface area (Å²) in [4.78, 5) is 23.6. The van der Waals surface area contributed by atoms with Crippen LogP contribution in [0.15, 0.2) is 71.6 Å². The lowest BCUT2D eigenvalue weighted by Crippen LogP contribution is -2.39. The highest BCUT2D eigenvalue weighted by Gasteiger charge is 2.30. The van der Waals surface area contributed by atoms with E-state index in [1.165, 1.54) is 38.3 Å². The maximum atomic E-state index is 13.7. The summed E-state index contributed by atoms with van der Waals surface area (Å²) >= 11 is 0. The summed E-state index contributed by atoms with van der Waals surface area (Å²) < 4.78 is 33.7. The van der Waals surface area contributed by atoms with Crippen molar-refractivity contribution in [2.45, 2.75) is 25.2 Å². The fourth-order valence-electron chi connectivity index (χ4n) is 3.61. The average molecular weight is 498 g/mol. The Balaban J connectivity index is 1.92. The van der Waals surface area contributed by atoms with Gasteiger partial charge in [0.1, 0.15) is 10.6 Å². The SMILES string of the molecule is COc1ccc(C)cc1S(=O)(=O)N(CCc1ccccc1)CC(=O)Nc1cccc([N+](=O)[O-])c1C. The second-order valence-corrected chi connectivity index (χ2v) is 9.89. The van der Waals surface area contributed by atoms with E-state index in [1.54, 1.807) is 19.1 Å². The van der Waals surface area contributed by atoms with Crippen LogP contribution in [0.2, 0.25) is 0 Å². The molecular formula is C25H27N3O6S. The Hall–Kier alpha value is -3.76. The van der Waals surface area contributed by atoms with Crippen LogP contribution in [0.25, 0.3) is 0 Å². The maximum Gasteiger partial charge on any atom is 0.274 e. The number of nitro benzene ring substituents is 1. The molecule has 9 nitrogen and oxygen atoms in total. The number of carbonyl (C=O) groups is 1. The molecule has 3 aromatic rings. The molecule has 0 spiro atoms. The lowest BCUT2D eigenvalue weighted by Gasteiger charge is -2.23. The van der Waals surface area contributed by atoms with Crippen molar-refractivity contribution >= 4 is 27.3 Å². The van der Waals surface area contributed by atoms with Crippen molar-refractivity contribution in [3.8, 4) is 5.75 Å². The number of rotatable bonds is 10. The van der Waals surface area contributed by atoms with Gasteiger partial charge >= 0.3 is 0 Å². The van der Waals surface area contributed by atoms with Gasteiger partial charge in [-0.3, -0.25) is 14.9 Å². The number of ether oxygens (including phenoxy) is 1. The summed E-state index contributed by atoms with van der Waals surface area (Å²) in [6.07, 6.45) is 0.386. The number of hydrogen-bond donors (Lipinski definition) is 1. The first-order chi connectivity index (χ1) is 16.6.